The summed E-state index contributed by atoms with van der Waals surface area (Å²) >= 11 is 0. The summed E-state index contributed by atoms with van der Waals surface area (Å²) in [6, 6.07) is 21.0. The number of hydrogen-bond acceptors (Lipinski definition) is 5. The lowest BCUT2D eigenvalue weighted by Gasteiger charge is -2.16. The van der Waals surface area contributed by atoms with Crippen LogP contribution in [0.5, 0.6) is 5.75 Å². The fourth-order valence-electron chi connectivity index (χ4n) is 4.13. The van der Waals surface area contributed by atoms with E-state index in [4.69, 9.17) is 9.72 Å². The van der Waals surface area contributed by atoms with E-state index in [9.17, 15) is 0 Å². The smallest absolute Gasteiger partial charge is 0.127 e. The lowest BCUT2D eigenvalue weighted by Crippen LogP contribution is -2.08. The maximum absolute atomic E-state index is 5.41. The number of ether oxygens (including phenoxy) is 1. The monoisotopic (exact) mass is 396 g/mol. The normalized spacial score (nSPS) is 15.0. The molecule has 30 heavy (non-hydrogen) atoms. The number of aryl methyl sites for hydroxylation is 1. The molecule has 4 aromatic rings. The molecule has 1 atom stereocenters. The van der Waals surface area contributed by atoms with Crippen LogP contribution in [0.2, 0.25) is 0 Å². The predicted molar refractivity (Wildman–Crippen MR) is 121 cm³/mol. The van der Waals surface area contributed by atoms with E-state index in [-0.39, 0.29) is 6.04 Å². The Hall–Kier alpha value is -3.60. The van der Waals surface area contributed by atoms with Crippen molar-refractivity contribution < 1.29 is 4.74 Å². The number of pyridine rings is 2. The third kappa shape index (κ3) is 3.66. The standard InChI is InChI=1S/C25H24N4O/c1-30-19-9-7-18-8-11-24(21(18)14-19)29-25-12-10-20-22(5-2-6-23(20)28-25)27-16-17-4-3-13-26-15-17/h2-7,9-10,12-15,24,27H,8,11,16H2,1H3,(H,28,29). The van der Waals surface area contributed by atoms with Gasteiger partial charge in [-0.3, -0.25) is 4.98 Å². The number of fused-ring (bicyclic) bond motifs is 2. The first kappa shape index (κ1) is 18.4. The predicted octanol–water partition coefficient (Wildman–Crippen LogP) is 5.35. The molecule has 2 N–H and O–H groups in total. The van der Waals surface area contributed by atoms with Gasteiger partial charge < -0.3 is 15.4 Å². The molecule has 0 saturated carbocycles. The fourth-order valence-corrected chi connectivity index (χ4v) is 4.13. The highest BCUT2D eigenvalue weighted by Gasteiger charge is 2.23. The fraction of sp³-hybridized carbons (Fsp3) is 0.200. The van der Waals surface area contributed by atoms with E-state index in [2.05, 4.69) is 58.1 Å². The second kappa shape index (κ2) is 8.03. The van der Waals surface area contributed by atoms with Gasteiger partial charge in [-0.15, -0.1) is 0 Å². The van der Waals surface area contributed by atoms with Crippen molar-refractivity contribution in [1.29, 1.82) is 0 Å². The second-order valence-electron chi connectivity index (χ2n) is 7.58. The molecule has 2 heterocycles. The van der Waals surface area contributed by atoms with Crippen molar-refractivity contribution in [3.8, 4) is 5.75 Å². The number of benzene rings is 2. The molecule has 2 aromatic heterocycles. The minimum absolute atomic E-state index is 0.256. The van der Waals surface area contributed by atoms with Crippen LogP contribution in [-0.4, -0.2) is 17.1 Å². The Balaban J connectivity index is 1.36. The van der Waals surface area contributed by atoms with E-state index in [0.29, 0.717) is 0 Å². The molecule has 0 amide bonds. The Morgan fingerprint density at radius 2 is 2.03 bits per heavy atom. The van der Waals surface area contributed by atoms with E-state index < -0.39 is 0 Å². The van der Waals surface area contributed by atoms with Crippen molar-refractivity contribution in [2.75, 3.05) is 17.7 Å². The van der Waals surface area contributed by atoms with E-state index in [1.165, 1.54) is 11.1 Å². The topological polar surface area (TPSA) is 59.1 Å². The summed E-state index contributed by atoms with van der Waals surface area (Å²) in [5.74, 6) is 1.80. The van der Waals surface area contributed by atoms with Crippen molar-refractivity contribution in [3.05, 3.63) is 89.7 Å². The van der Waals surface area contributed by atoms with Crippen molar-refractivity contribution in [2.45, 2.75) is 25.4 Å². The van der Waals surface area contributed by atoms with Gasteiger partial charge in [0.1, 0.15) is 11.6 Å². The largest absolute Gasteiger partial charge is 0.497 e. The molecule has 0 aliphatic heterocycles. The summed E-state index contributed by atoms with van der Waals surface area (Å²) in [5, 5.41) is 8.24. The number of nitrogens with one attached hydrogen (secondary N) is 2. The molecule has 1 aliphatic carbocycles. The summed E-state index contributed by atoms with van der Waals surface area (Å²) < 4.78 is 5.41. The minimum atomic E-state index is 0.256. The lowest BCUT2D eigenvalue weighted by molar-refractivity contribution is 0.414. The number of rotatable bonds is 6. The van der Waals surface area contributed by atoms with E-state index in [1.807, 2.05) is 24.4 Å². The number of hydrogen-bond donors (Lipinski definition) is 2. The van der Waals surface area contributed by atoms with Gasteiger partial charge in [-0.05, 0) is 72.0 Å². The number of anilines is 2. The molecular formula is C25H24N4O. The zero-order chi connectivity index (χ0) is 20.3. The van der Waals surface area contributed by atoms with Crippen LogP contribution in [0.3, 0.4) is 0 Å². The van der Waals surface area contributed by atoms with Gasteiger partial charge in [0.15, 0.2) is 0 Å². The molecule has 0 saturated heterocycles. The van der Waals surface area contributed by atoms with Crippen molar-refractivity contribution in [2.24, 2.45) is 0 Å². The molecule has 1 unspecified atom stereocenters. The SMILES string of the molecule is COc1ccc2c(c1)C(Nc1ccc3c(NCc4cccnc4)cccc3n1)CC2. The minimum Gasteiger partial charge on any atom is -0.497 e. The highest BCUT2D eigenvalue weighted by Crippen LogP contribution is 2.36. The van der Waals surface area contributed by atoms with Crippen LogP contribution in [0.1, 0.15) is 29.2 Å². The quantitative estimate of drug-likeness (QED) is 0.460. The van der Waals surface area contributed by atoms with Crippen LogP contribution >= 0.6 is 0 Å². The first-order chi connectivity index (χ1) is 14.8. The molecule has 5 nitrogen and oxygen atoms in total. The molecule has 1 aliphatic rings. The molecule has 2 aromatic carbocycles. The highest BCUT2D eigenvalue weighted by molar-refractivity contribution is 5.92. The maximum Gasteiger partial charge on any atom is 0.127 e. The molecule has 0 fully saturated rings. The number of aromatic nitrogens is 2. The van der Waals surface area contributed by atoms with Crippen molar-refractivity contribution >= 4 is 22.4 Å². The highest BCUT2D eigenvalue weighted by atomic mass is 16.5. The van der Waals surface area contributed by atoms with E-state index in [1.54, 1.807) is 13.3 Å². The zero-order valence-corrected chi connectivity index (χ0v) is 16.9. The first-order valence-electron chi connectivity index (χ1n) is 10.3. The average molecular weight is 396 g/mol. The second-order valence-corrected chi connectivity index (χ2v) is 7.58. The van der Waals surface area contributed by atoms with Crippen molar-refractivity contribution in [3.63, 3.8) is 0 Å². The van der Waals surface area contributed by atoms with Gasteiger partial charge >= 0.3 is 0 Å². The van der Waals surface area contributed by atoms with Crippen LogP contribution in [0.25, 0.3) is 10.9 Å². The van der Waals surface area contributed by atoms with Crippen LogP contribution < -0.4 is 15.4 Å². The Kier molecular flexibility index (Phi) is 4.93. The molecule has 0 bridgehead atoms. The molecule has 5 heteroatoms. The zero-order valence-electron chi connectivity index (χ0n) is 16.9. The molecule has 5 rings (SSSR count). The van der Waals surface area contributed by atoms with Crippen LogP contribution in [-0.2, 0) is 13.0 Å². The summed E-state index contributed by atoms with van der Waals surface area (Å²) in [6.45, 7) is 0.730. The summed E-state index contributed by atoms with van der Waals surface area (Å²) in [6.07, 6.45) is 5.81. The number of methoxy groups -OCH3 is 1. The Bertz CT molecular complexity index is 1180. The third-order valence-electron chi connectivity index (χ3n) is 5.69. The van der Waals surface area contributed by atoms with Gasteiger partial charge in [-0.25, -0.2) is 4.98 Å². The lowest BCUT2D eigenvalue weighted by atomic mass is 10.1. The summed E-state index contributed by atoms with van der Waals surface area (Å²) in [4.78, 5) is 9.05. The Morgan fingerprint density at radius 3 is 2.90 bits per heavy atom. The number of nitrogens with zero attached hydrogens (tertiary/aromatic N) is 2. The Labute approximate surface area is 176 Å². The molecule has 0 spiro atoms. The molecular weight excluding hydrogens is 372 g/mol. The van der Waals surface area contributed by atoms with Gasteiger partial charge in [-0.1, -0.05) is 18.2 Å². The summed E-state index contributed by atoms with van der Waals surface area (Å²) in [5.41, 5.74) is 5.89. The van der Waals surface area contributed by atoms with Gasteiger partial charge in [0.05, 0.1) is 18.7 Å². The molecule has 0 radical (unpaired) electrons. The van der Waals surface area contributed by atoms with Gasteiger partial charge in [-0.2, -0.15) is 0 Å². The van der Waals surface area contributed by atoms with Crippen LogP contribution in [0.4, 0.5) is 11.5 Å². The van der Waals surface area contributed by atoms with Crippen LogP contribution in [0, 0.1) is 0 Å². The Morgan fingerprint density at radius 1 is 1.07 bits per heavy atom. The summed E-state index contributed by atoms with van der Waals surface area (Å²) in [7, 11) is 1.71. The third-order valence-corrected chi connectivity index (χ3v) is 5.69. The first-order valence-corrected chi connectivity index (χ1v) is 10.3. The van der Waals surface area contributed by atoms with Gasteiger partial charge in [0.2, 0.25) is 0 Å². The van der Waals surface area contributed by atoms with Gasteiger partial charge in [0.25, 0.3) is 0 Å². The maximum atomic E-state index is 5.41. The van der Waals surface area contributed by atoms with Crippen LogP contribution in [0.15, 0.2) is 73.1 Å². The van der Waals surface area contributed by atoms with Gasteiger partial charge in [0, 0.05) is 30.0 Å². The van der Waals surface area contributed by atoms with E-state index in [0.717, 1.165) is 53.1 Å². The average Bonchev–Trinajstić information content (AvgIpc) is 3.20. The van der Waals surface area contributed by atoms with Crippen molar-refractivity contribution in [1.82, 2.24) is 9.97 Å². The van der Waals surface area contributed by atoms with E-state index >= 15 is 0 Å². The molecule has 150 valence electrons.